The number of carbonyl (C=O) groups excluding carboxylic acids is 1. The van der Waals surface area contributed by atoms with Crippen LogP contribution < -0.4 is 0 Å². The summed E-state index contributed by atoms with van der Waals surface area (Å²) in [5.74, 6) is -0.182. The van der Waals surface area contributed by atoms with E-state index in [0.29, 0.717) is 13.0 Å². The molecule has 0 saturated carbocycles. The summed E-state index contributed by atoms with van der Waals surface area (Å²) in [6.45, 7) is 4.24. The Hall–Kier alpha value is -2.85. The lowest BCUT2D eigenvalue weighted by Crippen LogP contribution is -2.36. The lowest BCUT2D eigenvalue weighted by atomic mass is 9.71. The molecule has 0 saturated heterocycles. The maximum absolute atomic E-state index is 12.6. The Kier molecular flexibility index (Phi) is 6.05. The van der Waals surface area contributed by atoms with E-state index in [1.54, 1.807) is 0 Å². The van der Waals surface area contributed by atoms with Gasteiger partial charge in [0.25, 0.3) is 0 Å². The second-order valence-corrected chi connectivity index (χ2v) is 8.37. The standard InChI is InChI=1S/C26H25NO2S/c1-3-23(24(28)29-4-2)30-25-26(19-13-7-5-8-14-19,20-15-9-6-10-16-20)21-17-11-12-18-22(21)27-25/h5-18,23H,3-4H2,1-2H3. The van der Waals surface area contributed by atoms with Crippen LogP contribution in [-0.2, 0) is 14.9 Å². The average molecular weight is 416 g/mol. The highest BCUT2D eigenvalue weighted by molar-refractivity contribution is 8.15. The number of fused-ring (bicyclic) bond motifs is 1. The Bertz CT molecular complexity index is 1010. The van der Waals surface area contributed by atoms with Crippen LogP contribution in [0.2, 0.25) is 0 Å². The zero-order valence-corrected chi connectivity index (χ0v) is 18.1. The zero-order valence-electron chi connectivity index (χ0n) is 17.2. The van der Waals surface area contributed by atoms with Crippen LogP contribution in [0.4, 0.5) is 5.69 Å². The van der Waals surface area contributed by atoms with Crippen molar-refractivity contribution in [2.24, 2.45) is 4.99 Å². The fraction of sp³-hybridized carbons (Fsp3) is 0.231. The van der Waals surface area contributed by atoms with Gasteiger partial charge in [0.2, 0.25) is 0 Å². The van der Waals surface area contributed by atoms with Crippen LogP contribution in [0, 0.1) is 0 Å². The molecule has 1 aliphatic heterocycles. The van der Waals surface area contributed by atoms with E-state index in [1.807, 2.05) is 32.0 Å². The van der Waals surface area contributed by atoms with Crippen molar-refractivity contribution in [1.82, 2.24) is 0 Å². The topological polar surface area (TPSA) is 38.7 Å². The van der Waals surface area contributed by atoms with Crippen molar-refractivity contribution in [1.29, 1.82) is 0 Å². The van der Waals surface area contributed by atoms with Crippen LogP contribution in [0.25, 0.3) is 0 Å². The number of para-hydroxylation sites is 1. The number of hydrogen-bond acceptors (Lipinski definition) is 4. The van der Waals surface area contributed by atoms with Gasteiger partial charge in [-0.1, -0.05) is 97.5 Å². The molecule has 1 aliphatic rings. The van der Waals surface area contributed by atoms with Crippen molar-refractivity contribution < 1.29 is 9.53 Å². The summed E-state index contributed by atoms with van der Waals surface area (Å²) in [5, 5.41) is 0.616. The Labute approximate surface area is 182 Å². The first-order chi connectivity index (χ1) is 14.7. The lowest BCUT2D eigenvalue weighted by molar-refractivity contribution is -0.142. The summed E-state index contributed by atoms with van der Waals surface area (Å²) in [4.78, 5) is 17.7. The monoisotopic (exact) mass is 415 g/mol. The summed E-state index contributed by atoms with van der Waals surface area (Å²) in [6.07, 6.45) is 0.679. The van der Waals surface area contributed by atoms with Gasteiger partial charge < -0.3 is 4.74 Å². The van der Waals surface area contributed by atoms with E-state index in [2.05, 4.69) is 66.7 Å². The molecule has 152 valence electrons. The van der Waals surface area contributed by atoms with E-state index < -0.39 is 5.41 Å². The molecule has 0 spiro atoms. The highest BCUT2D eigenvalue weighted by atomic mass is 32.2. The van der Waals surface area contributed by atoms with Gasteiger partial charge in [0.1, 0.15) is 5.25 Å². The smallest absolute Gasteiger partial charge is 0.319 e. The van der Waals surface area contributed by atoms with Gasteiger partial charge in [-0.15, -0.1) is 0 Å². The molecule has 4 heteroatoms. The van der Waals surface area contributed by atoms with Crippen molar-refractivity contribution in [3.8, 4) is 0 Å². The quantitative estimate of drug-likeness (QED) is 0.454. The van der Waals surface area contributed by atoms with E-state index in [0.717, 1.165) is 27.4 Å². The van der Waals surface area contributed by atoms with E-state index in [9.17, 15) is 4.79 Å². The van der Waals surface area contributed by atoms with Crippen molar-refractivity contribution in [3.05, 3.63) is 102 Å². The van der Waals surface area contributed by atoms with Gasteiger partial charge in [0.05, 0.1) is 22.8 Å². The normalized spacial score (nSPS) is 15.2. The Morgan fingerprint density at radius 2 is 1.47 bits per heavy atom. The molecule has 0 N–H and O–H groups in total. The first-order valence-electron chi connectivity index (χ1n) is 10.3. The molecule has 3 aromatic carbocycles. The van der Waals surface area contributed by atoms with Crippen molar-refractivity contribution in [2.45, 2.75) is 30.9 Å². The number of esters is 1. The molecule has 0 bridgehead atoms. The van der Waals surface area contributed by atoms with Crippen LogP contribution >= 0.6 is 11.8 Å². The minimum Gasteiger partial charge on any atom is -0.465 e. The van der Waals surface area contributed by atoms with Gasteiger partial charge in [-0.3, -0.25) is 4.79 Å². The van der Waals surface area contributed by atoms with E-state index in [-0.39, 0.29) is 11.2 Å². The van der Waals surface area contributed by atoms with Crippen LogP contribution in [0.1, 0.15) is 37.0 Å². The van der Waals surface area contributed by atoms with Crippen molar-refractivity contribution in [3.63, 3.8) is 0 Å². The summed E-state index contributed by atoms with van der Waals surface area (Å²) in [7, 11) is 0. The second-order valence-electron chi connectivity index (χ2n) is 7.18. The fourth-order valence-corrected chi connectivity index (χ4v) is 5.35. The van der Waals surface area contributed by atoms with Gasteiger partial charge in [0, 0.05) is 0 Å². The number of aliphatic imine (C=N–C) groups is 1. The third-order valence-corrected chi connectivity index (χ3v) is 6.87. The number of thioether (sulfide) groups is 1. The van der Waals surface area contributed by atoms with Gasteiger partial charge in [0.15, 0.2) is 0 Å². The van der Waals surface area contributed by atoms with Crippen LogP contribution in [0.3, 0.4) is 0 Å². The first-order valence-corrected chi connectivity index (χ1v) is 11.2. The Morgan fingerprint density at radius 3 is 2.03 bits per heavy atom. The number of rotatable bonds is 6. The first kappa shape index (κ1) is 20.4. The molecule has 0 fully saturated rings. The molecule has 1 atom stereocenters. The second kappa shape index (κ2) is 8.88. The van der Waals surface area contributed by atoms with Crippen LogP contribution in [0.5, 0.6) is 0 Å². The summed E-state index contributed by atoms with van der Waals surface area (Å²) >= 11 is 1.53. The van der Waals surface area contributed by atoms with Crippen LogP contribution in [0.15, 0.2) is 89.9 Å². The molecule has 0 radical (unpaired) electrons. The largest absolute Gasteiger partial charge is 0.465 e. The number of hydrogen-bond donors (Lipinski definition) is 0. The molecular weight excluding hydrogens is 390 g/mol. The highest BCUT2D eigenvalue weighted by Crippen LogP contribution is 2.52. The molecule has 1 heterocycles. The Morgan fingerprint density at radius 1 is 0.900 bits per heavy atom. The van der Waals surface area contributed by atoms with E-state index in [1.165, 1.54) is 11.8 Å². The summed E-state index contributed by atoms with van der Waals surface area (Å²) in [6, 6.07) is 29.2. The highest BCUT2D eigenvalue weighted by Gasteiger charge is 2.47. The molecule has 4 rings (SSSR count). The number of nitrogens with zero attached hydrogens (tertiary/aromatic N) is 1. The van der Waals surface area contributed by atoms with Crippen molar-refractivity contribution >= 4 is 28.5 Å². The molecule has 1 unspecified atom stereocenters. The predicted octanol–water partition coefficient (Wildman–Crippen LogP) is 6.14. The molecular formula is C26H25NO2S. The summed E-state index contributed by atoms with van der Waals surface area (Å²) in [5.41, 5.74) is 3.83. The maximum atomic E-state index is 12.6. The van der Waals surface area contributed by atoms with Crippen molar-refractivity contribution in [2.75, 3.05) is 6.61 Å². The van der Waals surface area contributed by atoms with E-state index >= 15 is 0 Å². The van der Waals surface area contributed by atoms with Gasteiger partial charge in [-0.2, -0.15) is 0 Å². The summed E-state index contributed by atoms with van der Waals surface area (Å²) < 4.78 is 5.35. The third-order valence-electron chi connectivity index (χ3n) is 5.44. The Balaban J connectivity index is 1.93. The number of carbonyl (C=O) groups is 1. The average Bonchev–Trinajstić information content (AvgIpc) is 3.13. The molecule has 0 amide bonds. The zero-order chi connectivity index (χ0) is 21.0. The molecule has 30 heavy (non-hydrogen) atoms. The molecule has 3 nitrogen and oxygen atoms in total. The van der Waals surface area contributed by atoms with Crippen LogP contribution in [-0.4, -0.2) is 22.9 Å². The van der Waals surface area contributed by atoms with E-state index in [4.69, 9.17) is 9.73 Å². The van der Waals surface area contributed by atoms with Gasteiger partial charge >= 0.3 is 5.97 Å². The fourth-order valence-electron chi connectivity index (χ4n) is 4.08. The molecule has 3 aromatic rings. The predicted molar refractivity (Wildman–Crippen MR) is 125 cm³/mol. The lowest BCUT2D eigenvalue weighted by Gasteiger charge is -2.34. The minimum absolute atomic E-state index is 0.182. The number of ether oxygens (including phenoxy) is 1. The number of benzene rings is 3. The van der Waals surface area contributed by atoms with Gasteiger partial charge in [-0.05, 0) is 36.1 Å². The SMILES string of the molecule is CCOC(=O)C(CC)SC1=Nc2ccccc2C1(c1ccccc1)c1ccccc1. The molecule has 0 aromatic heterocycles. The molecule has 0 aliphatic carbocycles. The maximum Gasteiger partial charge on any atom is 0.319 e. The minimum atomic E-state index is -0.552. The van der Waals surface area contributed by atoms with Gasteiger partial charge in [-0.25, -0.2) is 4.99 Å². The third kappa shape index (κ3) is 3.46.